The lowest BCUT2D eigenvalue weighted by Gasteiger charge is -2.16. The number of hydrogen-bond acceptors (Lipinski definition) is 6. The molecule has 7 heteroatoms. The number of aromatic nitrogens is 1. The van der Waals surface area contributed by atoms with Crippen molar-refractivity contribution in [1.82, 2.24) is 4.98 Å². The third-order valence-electron chi connectivity index (χ3n) is 2.90. The molecule has 1 aromatic heterocycles. The van der Waals surface area contributed by atoms with Crippen molar-refractivity contribution in [3.8, 4) is 0 Å². The quantitative estimate of drug-likeness (QED) is 0.636. The van der Waals surface area contributed by atoms with Crippen molar-refractivity contribution in [3.63, 3.8) is 0 Å². The van der Waals surface area contributed by atoms with Gasteiger partial charge < -0.3 is 10.6 Å². The molecule has 0 aromatic carbocycles. The summed E-state index contributed by atoms with van der Waals surface area (Å²) in [6.07, 6.45) is 2.35. The summed E-state index contributed by atoms with van der Waals surface area (Å²) in [4.78, 5) is 16.3. The summed E-state index contributed by atoms with van der Waals surface area (Å²) in [5.74, 6) is 0.461. The molecule has 1 fully saturated rings. The molecule has 1 aromatic rings. The van der Waals surface area contributed by atoms with E-state index in [9.17, 15) is 10.1 Å². The first kappa shape index (κ1) is 11.3. The molecule has 2 heterocycles. The highest BCUT2D eigenvalue weighted by molar-refractivity contribution is 7.18. The monoisotopic (exact) mass is 242 g/mol. The maximum absolute atomic E-state index is 10.5. The van der Waals surface area contributed by atoms with Gasteiger partial charge in [0.1, 0.15) is 6.20 Å². The summed E-state index contributed by atoms with van der Waals surface area (Å²) in [5, 5.41) is 11.4. The second kappa shape index (κ2) is 4.34. The maximum atomic E-state index is 10.5. The third kappa shape index (κ3) is 2.14. The zero-order valence-electron chi connectivity index (χ0n) is 9.00. The maximum Gasteiger partial charge on any atom is 0.345 e. The molecule has 16 heavy (non-hydrogen) atoms. The largest absolute Gasteiger partial charge is 0.348 e. The SMILES string of the molecule is CC(N)C1CCN(c2ncc([N+](=O)[O-])s2)C1. The van der Waals surface area contributed by atoms with Crippen molar-refractivity contribution >= 4 is 21.5 Å². The van der Waals surface area contributed by atoms with Gasteiger partial charge in [-0.15, -0.1) is 0 Å². The number of hydrogen-bond donors (Lipinski definition) is 1. The van der Waals surface area contributed by atoms with Crippen LogP contribution in [0, 0.1) is 16.0 Å². The molecule has 0 radical (unpaired) electrons. The van der Waals surface area contributed by atoms with Gasteiger partial charge in [-0.25, -0.2) is 4.98 Å². The van der Waals surface area contributed by atoms with E-state index in [2.05, 4.69) is 9.88 Å². The molecule has 2 atom stereocenters. The van der Waals surface area contributed by atoms with Gasteiger partial charge in [0.15, 0.2) is 5.13 Å². The Balaban J connectivity index is 2.06. The minimum atomic E-state index is -0.403. The van der Waals surface area contributed by atoms with E-state index in [0.717, 1.165) is 36.0 Å². The van der Waals surface area contributed by atoms with Crippen LogP contribution in [-0.4, -0.2) is 29.0 Å². The summed E-state index contributed by atoms with van der Waals surface area (Å²) in [6.45, 7) is 3.73. The Labute approximate surface area is 97.2 Å². The van der Waals surface area contributed by atoms with E-state index < -0.39 is 4.92 Å². The fourth-order valence-corrected chi connectivity index (χ4v) is 2.64. The van der Waals surface area contributed by atoms with E-state index in [1.165, 1.54) is 6.20 Å². The highest BCUT2D eigenvalue weighted by atomic mass is 32.1. The second-order valence-electron chi connectivity index (χ2n) is 4.09. The fourth-order valence-electron chi connectivity index (χ4n) is 1.88. The van der Waals surface area contributed by atoms with Gasteiger partial charge in [-0.2, -0.15) is 0 Å². The summed E-state index contributed by atoms with van der Waals surface area (Å²) < 4.78 is 0. The molecule has 2 N–H and O–H groups in total. The van der Waals surface area contributed by atoms with Crippen LogP contribution in [0.4, 0.5) is 10.1 Å². The fraction of sp³-hybridized carbons (Fsp3) is 0.667. The van der Waals surface area contributed by atoms with Gasteiger partial charge >= 0.3 is 5.00 Å². The third-order valence-corrected chi connectivity index (χ3v) is 3.91. The predicted molar refractivity (Wildman–Crippen MR) is 62.7 cm³/mol. The molecule has 0 bridgehead atoms. The molecule has 2 unspecified atom stereocenters. The molecule has 1 saturated heterocycles. The molecule has 0 amide bonds. The highest BCUT2D eigenvalue weighted by Crippen LogP contribution is 2.32. The van der Waals surface area contributed by atoms with Gasteiger partial charge in [0.2, 0.25) is 0 Å². The van der Waals surface area contributed by atoms with Crippen LogP contribution in [0.1, 0.15) is 13.3 Å². The van der Waals surface area contributed by atoms with Crippen molar-refractivity contribution in [2.45, 2.75) is 19.4 Å². The predicted octanol–water partition coefficient (Wildman–Crippen LogP) is 1.22. The second-order valence-corrected chi connectivity index (χ2v) is 5.08. The van der Waals surface area contributed by atoms with Gasteiger partial charge in [0.05, 0.1) is 4.92 Å². The zero-order valence-corrected chi connectivity index (χ0v) is 9.81. The number of nitrogens with two attached hydrogens (primary N) is 1. The van der Waals surface area contributed by atoms with Crippen LogP contribution >= 0.6 is 11.3 Å². The number of anilines is 1. The number of nitro groups is 1. The van der Waals surface area contributed by atoms with E-state index in [4.69, 9.17) is 5.73 Å². The lowest BCUT2D eigenvalue weighted by atomic mass is 10.0. The molecular weight excluding hydrogens is 228 g/mol. The Hall–Kier alpha value is -1.21. The van der Waals surface area contributed by atoms with Gasteiger partial charge in [-0.05, 0) is 30.6 Å². The van der Waals surface area contributed by atoms with Gasteiger partial charge in [-0.3, -0.25) is 10.1 Å². The number of thiazole rings is 1. The van der Waals surface area contributed by atoms with Crippen LogP contribution in [0.5, 0.6) is 0 Å². The van der Waals surface area contributed by atoms with Crippen LogP contribution in [0.2, 0.25) is 0 Å². The van der Waals surface area contributed by atoms with Crippen molar-refractivity contribution in [1.29, 1.82) is 0 Å². The first-order chi connectivity index (χ1) is 7.58. The molecule has 6 nitrogen and oxygen atoms in total. The summed E-state index contributed by atoms with van der Waals surface area (Å²) in [5.41, 5.74) is 5.84. The lowest BCUT2D eigenvalue weighted by Crippen LogP contribution is -2.29. The smallest absolute Gasteiger partial charge is 0.345 e. The van der Waals surface area contributed by atoms with E-state index in [-0.39, 0.29) is 11.0 Å². The Kier molecular flexibility index (Phi) is 3.06. The van der Waals surface area contributed by atoms with Crippen LogP contribution < -0.4 is 10.6 Å². The number of nitrogens with zero attached hydrogens (tertiary/aromatic N) is 3. The van der Waals surface area contributed by atoms with Gasteiger partial charge in [-0.1, -0.05) is 0 Å². The Bertz CT molecular complexity index is 393. The van der Waals surface area contributed by atoms with Gasteiger partial charge in [0.25, 0.3) is 0 Å². The molecule has 2 rings (SSSR count). The molecule has 0 saturated carbocycles. The Morgan fingerprint density at radius 1 is 1.81 bits per heavy atom. The van der Waals surface area contributed by atoms with E-state index in [1.807, 2.05) is 6.92 Å². The van der Waals surface area contributed by atoms with Crippen molar-refractivity contribution in [2.75, 3.05) is 18.0 Å². The molecule has 1 aliphatic heterocycles. The first-order valence-electron chi connectivity index (χ1n) is 5.18. The topological polar surface area (TPSA) is 85.3 Å². The van der Waals surface area contributed by atoms with Crippen molar-refractivity contribution in [3.05, 3.63) is 16.3 Å². The molecule has 88 valence electrons. The standard InChI is InChI=1S/C9H14N4O2S/c1-6(10)7-2-3-12(5-7)9-11-4-8(16-9)13(14)15/h4,6-7H,2-3,5,10H2,1H3. The lowest BCUT2D eigenvalue weighted by molar-refractivity contribution is -0.380. The van der Waals surface area contributed by atoms with Crippen LogP contribution in [0.15, 0.2) is 6.20 Å². The van der Waals surface area contributed by atoms with Gasteiger partial charge in [0, 0.05) is 19.1 Å². The van der Waals surface area contributed by atoms with E-state index in [1.54, 1.807) is 0 Å². The minimum Gasteiger partial charge on any atom is -0.348 e. The van der Waals surface area contributed by atoms with Crippen molar-refractivity contribution < 1.29 is 4.92 Å². The molecule has 1 aliphatic rings. The molecule has 0 spiro atoms. The van der Waals surface area contributed by atoms with Crippen molar-refractivity contribution in [2.24, 2.45) is 11.7 Å². The molecular formula is C9H14N4O2S. The average Bonchev–Trinajstić information content (AvgIpc) is 2.86. The Morgan fingerprint density at radius 2 is 2.56 bits per heavy atom. The molecule has 0 aliphatic carbocycles. The summed E-state index contributed by atoms with van der Waals surface area (Å²) in [7, 11) is 0. The zero-order chi connectivity index (χ0) is 11.7. The minimum absolute atomic E-state index is 0.0965. The average molecular weight is 242 g/mol. The first-order valence-corrected chi connectivity index (χ1v) is 6.00. The Morgan fingerprint density at radius 3 is 3.06 bits per heavy atom. The van der Waals surface area contributed by atoms with Crippen LogP contribution in [0.3, 0.4) is 0 Å². The normalized spacial score (nSPS) is 22.4. The van der Waals surface area contributed by atoms with E-state index >= 15 is 0 Å². The highest BCUT2D eigenvalue weighted by Gasteiger charge is 2.27. The van der Waals surface area contributed by atoms with Crippen LogP contribution in [-0.2, 0) is 0 Å². The summed E-state index contributed by atoms with van der Waals surface area (Å²) in [6, 6.07) is 0.167. The summed E-state index contributed by atoms with van der Waals surface area (Å²) >= 11 is 1.13. The number of rotatable bonds is 3. The van der Waals surface area contributed by atoms with E-state index in [0.29, 0.717) is 5.92 Å². The van der Waals surface area contributed by atoms with Crippen LogP contribution in [0.25, 0.3) is 0 Å².